The van der Waals surface area contributed by atoms with Crippen molar-refractivity contribution in [1.82, 2.24) is 15.6 Å². The quantitative estimate of drug-likeness (QED) is 0.252. The second-order valence-electron chi connectivity index (χ2n) is 7.67. The molecule has 2 unspecified atom stereocenters. The molecule has 1 fully saturated rings. The van der Waals surface area contributed by atoms with Crippen molar-refractivity contribution in [2.24, 2.45) is 15.7 Å². The monoisotopic (exact) mass is 489 g/mol. The van der Waals surface area contributed by atoms with Gasteiger partial charge in [0.05, 0.1) is 5.69 Å². The molecule has 5 N–H and O–H groups in total. The SMILES string of the molecule is C=CC(=O)NC1CCCC(N)C1.C=N/C(=C\CCOC)Nc1nc2c(s1)N=CC=CC2.CNC. The van der Waals surface area contributed by atoms with E-state index in [0.29, 0.717) is 12.4 Å². The van der Waals surface area contributed by atoms with Crippen LogP contribution in [0.1, 0.15) is 37.8 Å². The minimum Gasteiger partial charge on any atom is -0.384 e. The lowest BCUT2D eigenvalue weighted by Gasteiger charge is -2.26. The van der Waals surface area contributed by atoms with Crippen molar-refractivity contribution in [2.45, 2.75) is 50.6 Å². The van der Waals surface area contributed by atoms with Gasteiger partial charge in [-0.05, 0) is 71.1 Å². The first-order chi connectivity index (χ1) is 16.5. The first-order valence-corrected chi connectivity index (χ1v) is 12.2. The summed E-state index contributed by atoms with van der Waals surface area (Å²) in [6.07, 6.45) is 14.7. The van der Waals surface area contributed by atoms with E-state index in [0.717, 1.165) is 54.4 Å². The summed E-state index contributed by atoms with van der Waals surface area (Å²) < 4.78 is 4.99. The van der Waals surface area contributed by atoms with E-state index in [-0.39, 0.29) is 18.0 Å². The maximum Gasteiger partial charge on any atom is 0.243 e. The van der Waals surface area contributed by atoms with Gasteiger partial charge in [-0.2, -0.15) is 0 Å². The highest BCUT2D eigenvalue weighted by Crippen LogP contribution is 2.33. The van der Waals surface area contributed by atoms with E-state index in [9.17, 15) is 4.79 Å². The third-order valence-electron chi connectivity index (χ3n) is 4.71. The van der Waals surface area contributed by atoms with Gasteiger partial charge in [-0.1, -0.05) is 24.0 Å². The van der Waals surface area contributed by atoms with Gasteiger partial charge in [0.1, 0.15) is 10.8 Å². The zero-order valence-electron chi connectivity index (χ0n) is 20.5. The number of carbonyl (C=O) groups excluding carboxylic acids is 1. The molecule has 1 aromatic heterocycles. The fourth-order valence-electron chi connectivity index (χ4n) is 3.18. The topological polar surface area (TPSA) is 126 Å². The van der Waals surface area contributed by atoms with Crippen molar-refractivity contribution in [1.29, 1.82) is 0 Å². The van der Waals surface area contributed by atoms with E-state index in [1.807, 2.05) is 32.3 Å². The number of methoxy groups -OCH3 is 1. The Labute approximate surface area is 207 Å². The average molecular weight is 490 g/mol. The molecule has 1 aliphatic heterocycles. The van der Waals surface area contributed by atoms with E-state index in [1.165, 1.54) is 17.4 Å². The number of nitrogens with zero attached hydrogens (tertiary/aromatic N) is 3. The molecule has 0 aromatic carbocycles. The summed E-state index contributed by atoms with van der Waals surface area (Å²) in [7, 11) is 5.42. The zero-order chi connectivity index (χ0) is 25.2. The standard InChI is InChI=1S/C13H16N4OS.C9H16N2O.C2H7N/c1-14-11(7-5-9-18-2)17-13-16-10-6-3-4-8-15-12(10)19-13;1-2-9(12)11-8-5-3-4-7(10)6-8;1-3-2/h3-4,7-8H,1,5-6,9H2,2H3,(H,16,17);2,7-8H,1,3-6,10H2,(H,11,12);3H,1-2H3/b11-7+;;. The molecule has 0 spiro atoms. The number of nitrogens with one attached hydrogen (secondary N) is 3. The Morgan fingerprint density at radius 1 is 1.41 bits per heavy atom. The molecule has 0 bridgehead atoms. The molecule has 2 aliphatic rings. The zero-order valence-corrected chi connectivity index (χ0v) is 21.4. The van der Waals surface area contributed by atoms with Crippen LogP contribution in [0.15, 0.2) is 46.7 Å². The smallest absolute Gasteiger partial charge is 0.243 e. The number of amides is 1. The molecule has 0 saturated heterocycles. The molecule has 0 radical (unpaired) electrons. The summed E-state index contributed by atoms with van der Waals surface area (Å²) in [5, 5.41) is 10.5. The van der Waals surface area contributed by atoms with Crippen LogP contribution in [0, 0.1) is 0 Å². The number of aliphatic imine (C=N–C) groups is 2. The normalized spacial score (nSPS) is 18.8. The number of carbonyl (C=O) groups is 1. The van der Waals surface area contributed by atoms with Crippen LogP contribution in [0.3, 0.4) is 0 Å². The Hall–Kier alpha value is -2.66. The molecule has 1 amide bonds. The number of hydrogen-bond donors (Lipinski definition) is 4. The first kappa shape index (κ1) is 29.4. The third-order valence-corrected chi connectivity index (χ3v) is 5.63. The molecule has 9 nitrogen and oxygen atoms in total. The Morgan fingerprint density at radius 3 is 2.82 bits per heavy atom. The largest absolute Gasteiger partial charge is 0.384 e. The lowest BCUT2D eigenvalue weighted by molar-refractivity contribution is -0.117. The number of aromatic nitrogens is 1. The Bertz CT molecular complexity index is 848. The van der Waals surface area contributed by atoms with Gasteiger partial charge in [-0.3, -0.25) is 4.79 Å². The molecule has 1 aliphatic carbocycles. The molecule has 34 heavy (non-hydrogen) atoms. The number of thiazole rings is 1. The first-order valence-electron chi connectivity index (χ1n) is 11.4. The second kappa shape index (κ2) is 17.8. The molecular weight excluding hydrogens is 450 g/mol. The van der Waals surface area contributed by atoms with E-state index < -0.39 is 0 Å². The van der Waals surface area contributed by atoms with Crippen molar-refractivity contribution < 1.29 is 9.53 Å². The Morgan fingerprint density at radius 2 is 2.18 bits per heavy atom. The number of rotatable bonds is 8. The summed E-state index contributed by atoms with van der Waals surface area (Å²) in [4.78, 5) is 23.7. The van der Waals surface area contributed by atoms with Gasteiger partial charge in [0.15, 0.2) is 5.13 Å². The van der Waals surface area contributed by atoms with E-state index in [1.54, 1.807) is 13.3 Å². The molecule has 1 aromatic rings. The van der Waals surface area contributed by atoms with Gasteiger partial charge in [-0.25, -0.2) is 15.0 Å². The molecule has 188 valence electrons. The highest BCUT2D eigenvalue weighted by atomic mass is 32.1. The van der Waals surface area contributed by atoms with E-state index in [2.05, 4.69) is 44.2 Å². The highest BCUT2D eigenvalue weighted by Gasteiger charge is 2.19. The molecule has 10 heteroatoms. The molecule has 3 rings (SSSR count). The van der Waals surface area contributed by atoms with Gasteiger partial charge in [0, 0.05) is 38.4 Å². The van der Waals surface area contributed by atoms with Crippen molar-refractivity contribution in [3.63, 3.8) is 0 Å². The average Bonchev–Trinajstić information content (AvgIpc) is 3.07. The fraction of sp³-hybridized carbons (Fsp3) is 0.500. The minimum absolute atomic E-state index is 0.0888. The summed E-state index contributed by atoms with van der Waals surface area (Å²) in [5.41, 5.74) is 6.75. The van der Waals surface area contributed by atoms with Gasteiger partial charge in [0.2, 0.25) is 5.91 Å². The van der Waals surface area contributed by atoms with Crippen LogP contribution in [0.4, 0.5) is 10.1 Å². The number of ether oxygens (including phenoxy) is 1. The van der Waals surface area contributed by atoms with E-state index in [4.69, 9.17) is 10.5 Å². The van der Waals surface area contributed by atoms with Gasteiger partial charge >= 0.3 is 0 Å². The summed E-state index contributed by atoms with van der Waals surface area (Å²) in [6, 6.07) is 0.521. The number of fused-ring (bicyclic) bond motifs is 1. The minimum atomic E-state index is -0.0888. The lowest BCUT2D eigenvalue weighted by Crippen LogP contribution is -2.41. The van der Waals surface area contributed by atoms with Crippen LogP contribution in [0.25, 0.3) is 0 Å². The maximum absolute atomic E-state index is 10.9. The predicted octanol–water partition coefficient (Wildman–Crippen LogP) is 3.34. The third kappa shape index (κ3) is 12.0. The van der Waals surface area contributed by atoms with Crippen LogP contribution in [0.2, 0.25) is 0 Å². The van der Waals surface area contributed by atoms with Crippen LogP contribution < -0.4 is 21.7 Å². The lowest BCUT2D eigenvalue weighted by atomic mass is 9.92. The van der Waals surface area contributed by atoms with Crippen LogP contribution in [0.5, 0.6) is 0 Å². The summed E-state index contributed by atoms with van der Waals surface area (Å²) in [6.45, 7) is 7.61. The van der Waals surface area contributed by atoms with Gasteiger partial charge < -0.3 is 26.4 Å². The molecule has 2 heterocycles. The van der Waals surface area contributed by atoms with Crippen molar-refractivity contribution in [3.05, 3.63) is 42.4 Å². The van der Waals surface area contributed by atoms with E-state index >= 15 is 0 Å². The van der Waals surface area contributed by atoms with Crippen LogP contribution in [-0.4, -0.2) is 63.7 Å². The number of allylic oxidation sites excluding steroid dienone is 2. The second-order valence-corrected chi connectivity index (χ2v) is 8.65. The predicted molar refractivity (Wildman–Crippen MR) is 144 cm³/mol. The summed E-state index contributed by atoms with van der Waals surface area (Å²) >= 11 is 1.51. The number of nitrogens with two attached hydrogens (primary N) is 1. The maximum atomic E-state index is 10.9. The van der Waals surface area contributed by atoms with Gasteiger partial charge in [-0.15, -0.1) is 0 Å². The van der Waals surface area contributed by atoms with Crippen molar-refractivity contribution in [2.75, 3.05) is 33.1 Å². The highest BCUT2D eigenvalue weighted by molar-refractivity contribution is 7.19. The molecule has 2 atom stereocenters. The summed E-state index contributed by atoms with van der Waals surface area (Å²) in [5.74, 6) is 0.606. The van der Waals surface area contributed by atoms with Crippen LogP contribution in [-0.2, 0) is 16.0 Å². The van der Waals surface area contributed by atoms with Crippen LogP contribution >= 0.6 is 11.3 Å². The Balaban J connectivity index is 0.000000330. The fourth-order valence-corrected chi connectivity index (χ4v) is 4.03. The number of hydrogen-bond acceptors (Lipinski definition) is 9. The molecule has 1 saturated carbocycles. The molecular formula is C24H39N7O2S. The van der Waals surface area contributed by atoms with Crippen molar-refractivity contribution >= 4 is 40.3 Å². The Kier molecular flexibility index (Phi) is 15.3. The number of anilines is 1. The van der Waals surface area contributed by atoms with Crippen molar-refractivity contribution in [3.8, 4) is 0 Å². The van der Waals surface area contributed by atoms with Gasteiger partial charge in [0.25, 0.3) is 0 Å².